The molecule has 0 unspecified atom stereocenters. The van der Waals surface area contributed by atoms with Gasteiger partial charge in [0.2, 0.25) is 5.91 Å². The van der Waals surface area contributed by atoms with Gasteiger partial charge in [0.05, 0.1) is 23.5 Å². The highest BCUT2D eigenvalue weighted by Crippen LogP contribution is 2.37. The summed E-state index contributed by atoms with van der Waals surface area (Å²) in [7, 11) is -4.04. The maximum absolute atomic E-state index is 12.5. The van der Waals surface area contributed by atoms with Crippen molar-refractivity contribution in [3.05, 3.63) is 34.9 Å². The molecule has 2 heterocycles. The van der Waals surface area contributed by atoms with Gasteiger partial charge >= 0.3 is 6.18 Å². The number of hydrogen-bond acceptors (Lipinski definition) is 6. The van der Waals surface area contributed by atoms with Gasteiger partial charge in [-0.2, -0.15) is 17.9 Å². The molecule has 2 aromatic heterocycles. The van der Waals surface area contributed by atoms with Gasteiger partial charge in [0.1, 0.15) is 10.0 Å². The minimum atomic E-state index is -4.58. The zero-order valence-corrected chi connectivity index (χ0v) is 17.5. The molecule has 2 rings (SSSR count). The van der Waals surface area contributed by atoms with Crippen molar-refractivity contribution in [2.75, 3.05) is 23.0 Å². The van der Waals surface area contributed by atoms with E-state index in [2.05, 4.69) is 4.98 Å². The smallest absolute Gasteiger partial charge is 0.390 e. The number of thiazole rings is 1. The zero-order valence-electron chi connectivity index (χ0n) is 15.1. The van der Waals surface area contributed by atoms with Gasteiger partial charge in [-0.15, -0.1) is 0 Å². The van der Waals surface area contributed by atoms with Gasteiger partial charge < -0.3 is 10.1 Å². The summed E-state index contributed by atoms with van der Waals surface area (Å²) in [6.45, 7) is 1.79. The number of amides is 1. The van der Waals surface area contributed by atoms with E-state index >= 15 is 0 Å². The molecule has 13 heteroatoms. The van der Waals surface area contributed by atoms with Crippen molar-refractivity contribution >= 4 is 43.7 Å². The number of alkyl halides is 3. The Balaban J connectivity index is 2.12. The predicted octanol–water partition coefficient (Wildman–Crippen LogP) is 3.21. The average Bonchev–Trinajstić information content (AvgIpc) is 3.00. The second-order valence-corrected chi connectivity index (χ2v) is 9.61. The lowest BCUT2D eigenvalue weighted by Gasteiger charge is -2.19. The van der Waals surface area contributed by atoms with Crippen LogP contribution < -0.4 is 9.63 Å². The Morgan fingerprint density at radius 1 is 1.38 bits per heavy atom. The molecule has 160 valence electrons. The number of rotatable bonds is 8. The summed E-state index contributed by atoms with van der Waals surface area (Å²) >= 11 is 7.16. The van der Waals surface area contributed by atoms with Crippen LogP contribution in [0.2, 0.25) is 5.15 Å². The average molecular weight is 472 g/mol. The minimum absolute atomic E-state index is 0.00132. The summed E-state index contributed by atoms with van der Waals surface area (Å²) in [4.78, 5) is 17.8. The Labute approximate surface area is 174 Å². The SMILES string of the molecule is CCN(C(=O)CCS(=O)(=O)CCC(F)(F)F)c1sc(-c2ccc[n+]([O-])c2)nc1Cl. The van der Waals surface area contributed by atoms with Crippen LogP contribution >= 0.6 is 22.9 Å². The van der Waals surface area contributed by atoms with Gasteiger partial charge in [-0.3, -0.25) is 4.79 Å². The van der Waals surface area contributed by atoms with Gasteiger partial charge in [-0.05, 0) is 13.0 Å². The normalized spacial score (nSPS) is 12.2. The molecule has 0 fully saturated rings. The Morgan fingerprint density at radius 3 is 2.66 bits per heavy atom. The first-order valence-corrected chi connectivity index (χ1v) is 11.4. The second kappa shape index (κ2) is 9.26. The molecule has 0 atom stereocenters. The molecule has 0 aromatic carbocycles. The Morgan fingerprint density at radius 2 is 2.07 bits per heavy atom. The summed E-state index contributed by atoms with van der Waals surface area (Å²) < 4.78 is 60.8. The maximum atomic E-state index is 12.5. The van der Waals surface area contributed by atoms with Crippen molar-refractivity contribution in [1.82, 2.24) is 4.98 Å². The topological polar surface area (TPSA) is 94.3 Å². The maximum Gasteiger partial charge on any atom is 0.390 e. The molecule has 1 amide bonds. The number of halogens is 4. The number of carbonyl (C=O) groups excluding carboxylic acids is 1. The fourth-order valence-corrected chi connectivity index (χ4v) is 4.96. The fourth-order valence-electron chi connectivity index (χ4n) is 2.35. The first-order valence-electron chi connectivity index (χ1n) is 8.35. The van der Waals surface area contributed by atoms with Gasteiger partial charge in [-0.1, -0.05) is 22.9 Å². The summed E-state index contributed by atoms with van der Waals surface area (Å²) in [6, 6.07) is 3.16. The molecule has 7 nitrogen and oxygen atoms in total. The van der Waals surface area contributed by atoms with Crippen LogP contribution in [0.1, 0.15) is 19.8 Å². The number of nitrogens with zero attached hydrogens (tertiary/aromatic N) is 3. The van der Waals surface area contributed by atoms with Crippen LogP contribution in [0.15, 0.2) is 24.5 Å². The quantitative estimate of drug-likeness (QED) is 0.435. The van der Waals surface area contributed by atoms with Crippen LogP contribution in [-0.4, -0.2) is 43.5 Å². The van der Waals surface area contributed by atoms with Crippen LogP contribution in [0.4, 0.5) is 18.2 Å². The van der Waals surface area contributed by atoms with Crippen molar-refractivity contribution in [2.24, 2.45) is 0 Å². The highest BCUT2D eigenvalue weighted by Gasteiger charge is 2.30. The Bertz CT molecular complexity index is 980. The molecular weight excluding hydrogens is 455 g/mol. The van der Waals surface area contributed by atoms with Gasteiger partial charge in [-0.25, -0.2) is 13.4 Å². The van der Waals surface area contributed by atoms with E-state index in [4.69, 9.17) is 11.6 Å². The van der Waals surface area contributed by atoms with Crippen LogP contribution in [0, 0.1) is 5.21 Å². The fraction of sp³-hybridized carbons (Fsp3) is 0.438. The van der Waals surface area contributed by atoms with Crippen molar-refractivity contribution in [1.29, 1.82) is 0 Å². The number of sulfone groups is 1. The molecule has 0 aliphatic carbocycles. The van der Waals surface area contributed by atoms with E-state index in [1.807, 2.05) is 0 Å². The van der Waals surface area contributed by atoms with E-state index in [1.54, 1.807) is 13.0 Å². The van der Waals surface area contributed by atoms with Gasteiger partial charge in [0.25, 0.3) is 0 Å². The van der Waals surface area contributed by atoms with Crippen LogP contribution in [-0.2, 0) is 14.6 Å². The standard InChI is InChI=1S/C16H17ClF3N3O4S2/c1-2-23(12(24)5-8-29(26,27)9-6-16(18,19)20)15-13(17)21-14(28-15)11-4-3-7-22(25)10-11/h3-4,7,10H,2,5-6,8-9H2,1H3. The molecule has 0 aliphatic rings. The van der Waals surface area contributed by atoms with Crippen LogP contribution in [0.25, 0.3) is 10.6 Å². The summed E-state index contributed by atoms with van der Waals surface area (Å²) in [5.41, 5.74) is 0.485. The Hall–Kier alpha value is -1.92. The lowest BCUT2D eigenvalue weighted by molar-refractivity contribution is -0.604. The second-order valence-electron chi connectivity index (χ2n) is 5.97. The number of pyridine rings is 1. The van der Waals surface area contributed by atoms with E-state index in [-0.39, 0.29) is 16.7 Å². The van der Waals surface area contributed by atoms with Crippen LogP contribution in [0.5, 0.6) is 0 Å². The largest absolute Gasteiger partial charge is 0.619 e. The van der Waals surface area contributed by atoms with E-state index in [9.17, 15) is 31.6 Å². The summed E-state index contributed by atoms with van der Waals surface area (Å²) in [5.74, 6) is -2.37. The molecule has 0 radical (unpaired) electrons. The number of carbonyl (C=O) groups is 1. The van der Waals surface area contributed by atoms with E-state index in [0.29, 0.717) is 15.3 Å². The molecule has 0 saturated heterocycles. The molecule has 0 spiro atoms. The number of anilines is 1. The molecule has 29 heavy (non-hydrogen) atoms. The molecule has 0 N–H and O–H groups in total. The van der Waals surface area contributed by atoms with Gasteiger partial charge in [0, 0.05) is 19.0 Å². The van der Waals surface area contributed by atoms with Crippen molar-refractivity contribution in [3.63, 3.8) is 0 Å². The molecular formula is C16H17ClF3N3O4S2. The van der Waals surface area contributed by atoms with Gasteiger partial charge in [0.15, 0.2) is 27.4 Å². The van der Waals surface area contributed by atoms with E-state index in [0.717, 1.165) is 11.3 Å². The number of aromatic nitrogens is 2. The highest BCUT2D eigenvalue weighted by molar-refractivity contribution is 7.91. The molecule has 2 aromatic rings. The first-order chi connectivity index (χ1) is 13.4. The summed E-state index contributed by atoms with van der Waals surface area (Å²) in [6.07, 6.45) is -3.95. The monoisotopic (exact) mass is 471 g/mol. The minimum Gasteiger partial charge on any atom is -0.619 e. The van der Waals surface area contributed by atoms with Crippen molar-refractivity contribution in [3.8, 4) is 10.6 Å². The zero-order chi connectivity index (χ0) is 21.8. The lowest BCUT2D eigenvalue weighted by atomic mass is 10.3. The third-order valence-corrected chi connectivity index (χ3v) is 6.93. The van der Waals surface area contributed by atoms with Crippen molar-refractivity contribution in [2.45, 2.75) is 25.9 Å². The lowest BCUT2D eigenvalue weighted by Crippen LogP contribution is -2.32. The van der Waals surface area contributed by atoms with Crippen LogP contribution in [0.3, 0.4) is 0 Å². The third kappa shape index (κ3) is 6.82. The summed E-state index contributed by atoms with van der Waals surface area (Å²) in [5, 5.41) is 12.1. The van der Waals surface area contributed by atoms with Crippen molar-refractivity contribution < 1.29 is 31.1 Å². The highest BCUT2D eigenvalue weighted by atomic mass is 35.5. The van der Waals surface area contributed by atoms with E-state index < -0.39 is 46.3 Å². The predicted molar refractivity (Wildman–Crippen MR) is 103 cm³/mol. The Kier molecular flexibility index (Phi) is 7.46. The number of hydrogen-bond donors (Lipinski definition) is 0. The third-order valence-electron chi connectivity index (χ3n) is 3.78. The molecule has 0 saturated carbocycles. The molecule has 0 bridgehead atoms. The van der Waals surface area contributed by atoms with E-state index in [1.165, 1.54) is 23.4 Å². The molecule has 0 aliphatic heterocycles. The first kappa shape index (κ1) is 23.4.